The van der Waals surface area contributed by atoms with Crippen LogP contribution in [0.3, 0.4) is 0 Å². The Bertz CT molecular complexity index is 372. The van der Waals surface area contributed by atoms with Crippen molar-refractivity contribution in [3.8, 4) is 0 Å². The summed E-state index contributed by atoms with van der Waals surface area (Å²) in [7, 11) is 0. The fraction of sp³-hybridized carbons (Fsp3) is 0.833. The van der Waals surface area contributed by atoms with Gasteiger partial charge in [-0.25, -0.2) is 0 Å². The Hall–Kier alpha value is -1.10. The lowest BCUT2D eigenvalue weighted by molar-refractivity contribution is 0.260. The van der Waals surface area contributed by atoms with E-state index in [1.165, 1.54) is 19.3 Å². The van der Waals surface area contributed by atoms with Gasteiger partial charge >= 0.3 is 0 Å². The molecule has 2 atom stereocenters. The van der Waals surface area contributed by atoms with Crippen LogP contribution >= 0.6 is 0 Å². The molecule has 5 heteroatoms. The van der Waals surface area contributed by atoms with Crippen molar-refractivity contribution in [3.05, 3.63) is 5.89 Å². The third kappa shape index (κ3) is 2.29. The summed E-state index contributed by atoms with van der Waals surface area (Å²) in [6.07, 6.45) is 4.82. The van der Waals surface area contributed by atoms with Gasteiger partial charge in [-0.2, -0.15) is 4.98 Å². The van der Waals surface area contributed by atoms with Gasteiger partial charge in [0.2, 0.25) is 5.89 Å². The van der Waals surface area contributed by atoms with Gasteiger partial charge in [-0.15, -0.1) is 0 Å². The molecule has 0 radical (unpaired) electrons. The number of nitrogens with one attached hydrogen (secondary N) is 1. The normalized spacial score (nSPS) is 29.8. The maximum atomic E-state index is 5.40. The summed E-state index contributed by atoms with van der Waals surface area (Å²) in [5, 5.41) is 7.55. The average molecular weight is 236 g/mol. The Morgan fingerprint density at radius 3 is 2.94 bits per heavy atom. The smallest absolute Gasteiger partial charge is 0.266 e. The largest absolute Gasteiger partial charge is 0.338 e. The van der Waals surface area contributed by atoms with E-state index in [4.69, 9.17) is 4.52 Å². The second-order valence-corrected chi connectivity index (χ2v) is 5.26. The highest BCUT2D eigenvalue weighted by atomic mass is 16.5. The van der Waals surface area contributed by atoms with Crippen LogP contribution in [0.4, 0.5) is 5.95 Å². The van der Waals surface area contributed by atoms with Crippen molar-refractivity contribution in [2.45, 2.75) is 38.6 Å². The maximum absolute atomic E-state index is 5.40. The molecule has 94 valence electrons. The molecule has 1 N–H and O–H groups in total. The Morgan fingerprint density at radius 1 is 1.35 bits per heavy atom. The topological polar surface area (TPSA) is 54.2 Å². The lowest BCUT2D eigenvalue weighted by Gasteiger charge is -2.25. The van der Waals surface area contributed by atoms with E-state index < -0.39 is 0 Å². The van der Waals surface area contributed by atoms with Gasteiger partial charge in [-0.1, -0.05) is 6.92 Å². The van der Waals surface area contributed by atoms with Crippen LogP contribution in [0.15, 0.2) is 4.52 Å². The first-order valence-corrected chi connectivity index (χ1v) is 6.65. The number of hydrogen-bond acceptors (Lipinski definition) is 5. The van der Waals surface area contributed by atoms with Crippen LogP contribution in [-0.4, -0.2) is 29.8 Å². The third-order valence-corrected chi connectivity index (χ3v) is 3.78. The standard InChI is InChI=1S/C12H20N4O/c1-9-4-5-13-10(8-9)11-14-12(15-17-11)16-6-2-3-7-16/h9-10,13H,2-8H2,1H3. The molecule has 0 aromatic carbocycles. The van der Waals surface area contributed by atoms with Gasteiger partial charge in [0.25, 0.3) is 5.95 Å². The monoisotopic (exact) mass is 236 g/mol. The van der Waals surface area contributed by atoms with Gasteiger partial charge in [0.15, 0.2) is 0 Å². The fourth-order valence-electron chi connectivity index (χ4n) is 2.71. The summed E-state index contributed by atoms with van der Waals surface area (Å²) in [6.45, 7) is 5.46. The average Bonchev–Trinajstić information content (AvgIpc) is 3.00. The fourth-order valence-corrected chi connectivity index (χ4v) is 2.71. The molecule has 17 heavy (non-hydrogen) atoms. The minimum Gasteiger partial charge on any atom is -0.338 e. The molecule has 2 unspecified atom stereocenters. The highest BCUT2D eigenvalue weighted by Crippen LogP contribution is 2.27. The van der Waals surface area contributed by atoms with Crippen LogP contribution in [0, 0.1) is 5.92 Å². The molecule has 2 saturated heterocycles. The minimum atomic E-state index is 0.252. The highest BCUT2D eigenvalue weighted by Gasteiger charge is 2.26. The van der Waals surface area contributed by atoms with E-state index in [0.717, 1.165) is 43.8 Å². The van der Waals surface area contributed by atoms with Crippen molar-refractivity contribution in [1.29, 1.82) is 0 Å². The van der Waals surface area contributed by atoms with Crippen LogP contribution < -0.4 is 10.2 Å². The molecule has 3 rings (SSSR count). The van der Waals surface area contributed by atoms with E-state index in [2.05, 4.69) is 27.3 Å². The molecule has 0 aliphatic carbocycles. The molecule has 0 spiro atoms. The number of hydrogen-bond donors (Lipinski definition) is 1. The van der Waals surface area contributed by atoms with E-state index in [0.29, 0.717) is 0 Å². The summed E-state index contributed by atoms with van der Waals surface area (Å²) in [5.41, 5.74) is 0. The SMILES string of the molecule is CC1CCNC(c2nc(N3CCCC3)no2)C1. The molecule has 3 heterocycles. The van der Waals surface area contributed by atoms with Crippen LogP contribution in [0.25, 0.3) is 0 Å². The summed E-state index contributed by atoms with van der Waals surface area (Å²) in [5.74, 6) is 2.28. The summed E-state index contributed by atoms with van der Waals surface area (Å²) in [6, 6.07) is 0.252. The molecule has 5 nitrogen and oxygen atoms in total. The number of nitrogens with zero attached hydrogens (tertiary/aromatic N) is 3. The van der Waals surface area contributed by atoms with Crippen molar-refractivity contribution >= 4 is 5.95 Å². The molecule has 2 aliphatic rings. The lowest BCUT2D eigenvalue weighted by atomic mass is 9.94. The van der Waals surface area contributed by atoms with Gasteiger partial charge in [0.05, 0.1) is 6.04 Å². The van der Waals surface area contributed by atoms with Gasteiger partial charge in [-0.3, -0.25) is 0 Å². The first kappa shape index (κ1) is 11.0. The number of piperidine rings is 1. The molecule has 2 fully saturated rings. The molecule has 1 aromatic rings. The van der Waals surface area contributed by atoms with E-state index in [-0.39, 0.29) is 6.04 Å². The molecule has 2 aliphatic heterocycles. The van der Waals surface area contributed by atoms with Crippen molar-refractivity contribution in [2.24, 2.45) is 5.92 Å². The number of rotatable bonds is 2. The van der Waals surface area contributed by atoms with Crippen molar-refractivity contribution in [1.82, 2.24) is 15.5 Å². The zero-order valence-corrected chi connectivity index (χ0v) is 10.4. The zero-order chi connectivity index (χ0) is 11.7. The van der Waals surface area contributed by atoms with E-state index in [1.54, 1.807) is 0 Å². The van der Waals surface area contributed by atoms with Crippen LogP contribution in [0.5, 0.6) is 0 Å². The molecule has 0 saturated carbocycles. The second-order valence-electron chi connectivity index (χ2n) is 5.26. The predicted molar refractivity (Wildman–Crippen MR) is 64.9 cm³/mol. The highest BCUT2D eigenvalue weighted by molar-refractivity contribution is 5.29. The second kappa shape index (κ2) is 4.64. The van der Waals surface area contributed by atoms with Crippen LogP contribution in [-0.2, 0) is 0 Å². The van der Waals surface area contributed by atoms with E-state index in [1.807, 2.05) is 0 Å². The van der Waals surface area contributed by atoms with Crippen molar-refractivity contribution in [2.75, 3.05) is 24.5 Å². The van der Waals surface area contributed by atoms with Gasteiger partial charge in [0.1, 0.15) is 0 Å². The molecule has 0 amide bonds. The van der Waals surface area contributed by atoms with Gasteiger partial charge < -0.3 is 14.7 Å². The molecule has 0 bridgehead atoms. The first-order valence-electron chi connectivity index (χ1n) is 6.65. The quantitative estimate of drug-likeness (QED) is 0.847. The summed E-state index contributed by atoms with van der Waals surface area (Å²) < 4.78 is 5.40. The Labute approximate surface area is 102 Å². The van der Waals surface area contributed by atoms with Gasteiger partial charge in [0, 0.05) is 13.1 Å². The van der Waals surface area contributed by atoms with Gasteiger partial charge in [-0.05, 0) is 43.3 Å². The number of aromatic nitrogens is 2. The number of anilines is 1. The summed E-state index contributed by atoms with van der Waals surface area (Å²) >= 11 is 0. The van der Waals surface area contributed by atoms with E-state index >= 15 is 0 Å². The third-order valence-electron chi connectivity index (χ3n) is 3.78. The Kier molecular flexibility index (Phi) is 3.01. The lowest BCUT2D eigenvalue weighted by Crippen LogP contribution is -2.31. The van der Waals surface area contributed by atoms with Crippen molar-refractivity contribution in [3.63, 3.8) is 0 Å². The van der Waals surface area contributed by atoms with Crippen LogP contribution in [0.1, 0.15) is 44.5 Å². The minimum absolute atomic E-state index is 0.252. The Balaban J connectivity index is 1.70. The predicted octanol–water partition coefficient (Wildman–Crippen LogP) is 1.73. The van der Waals surface area contributed by atoms with E-state index in [9.17, 15) is 0 Å². The zero-order valence-electron chi connectivity index (χ0n) is 10.4. The summed E-state index contributed by atoms with van der Waals surface area (Å²) in [4.78, 5) is 6.74. The first-order chi connectivity index (χ1) is 8.33. The molecular formula is C12H20N4O. The van der Waals surface area contributed by atoms with Crippen LogP contribution in [0.2, 0.25) is 0 Å². The maximum Gasteiger partial charge on any atom is 0.266 e. The van der Waals surface area contributed by atoms with Crippen molar-refractivity contribution < 1.29 is 4.52 Å². The Morgan fingerprint density at radius 2 is 2.18 bits per heavy atom. The molecular weight excluding hydrogens is 216 g/mol. The molecule has 1 aromatic heterocycles.